The molecular formula is C15H18N6O2S. The molecule has 2 heterocycles. The highest BCUT2D eigenvalue weighted by Crippen LogP contribution is 2.20. The molecule has 0 aliphatic carbocycles. The Labute approximate surface area is 140 Å². The third-order valence-electron chi connectivity index (χ3n) is 3.45. The zero-order valence-electron chi connectivity index (χ0n) is 13.2. The van der Waals surface area contributed by atoms with Crippen molar-refractivity contribution in [2.24, 2.45) is 0 Å². The van der Waals surface area contributed by atoms with Crippen molar-refractivity contribution >= 4 is 21.6 Å². The van der Waals surface area contributed by atoms with E-state index in [4.69, 9.17) is 0 Å². The minimum Gasteiger partial charge on any atom is -0.369 e. The summed E-state index contributed by atoms with van der Waals surface area (Å²) in [7, 11) is -3.19. The molecule has 0 bridgehead atoms. The fourth-order valence-electron chi connectivity index (χ4n) is 2.19. The van der Waals surface area contributed by atoms with Crippen LogP contribution in [0.4, 0.5) is 5.82 Å². The predicted octanol–water partition coefficient (Wildman–Crippen LogP) is 1.14. The summed E-state index contributed by atoms with van der Waals surface area (Å²) in [6, 6.07) is 11.6. The Morgan fingerprint density at radius 1 is 1.17 bits per heavy atom. The van der Waals surface area contributed by atoms with E-state index in [-0.39, 0.29) is 12.3 Å². The van der Waals surface area contributed by atoms with Gasteiger partial charge in [0.15, 0.2) is 0 Å². The molecule has 2 N–H and O–H groups in total. The molecule has 1 aromatic carbocycles. The van der Waals surface area contributed by atoms with Gasteiger partial charge in [-0.15, -0.1) is 0 Å². The summed E-state index contributed by atoms with van der Waals surface area (Å²) >= 11 is 0. The Morgan fingerprint density at radius 2 is 1.96 bits per heavy atom. The van der Waals surface area contributed by atoms with E-state index in [9.17, 15) is 8.42 Å². The first-order chi connectivity index (χ1) is 11.6. The van der Waals surface area contributed by atoms with E-state index in [0.717, 1.165) is 11.3 Å². The van der Waals surface area contributed by atoms with E-state index >= 15 is 0 Å². The van der Waals surface area contributed by atoms with Gasteiger partial charge in [-0.2, -0.15) is 14.6 Å². The molecule has 0 saturated carbocycles. The standard InChI is InChI=1S/C15H18N6O2S/c1-2-24(22,23)19-9-8-16-14-10-13(12-6-4-3-5-7-12)20-15-17-11-18-21(14)15/h3-7,10-11,16,19H,2,8-9H2,1H3. The van der Waals surface area contributed by atoms with E-state index in [0.29, 0.717) is 18.1 Å². The predicted molar refractivity (Wildman–Crippen MR) is 92.2 cm³/mol. The average molecular weight is 346 g/mol. The number of hydrogen-bond acceptors (Lipinski definition) is 6. The van der Waals surface area contributed by atoms with Crippen LogP contribution < -0.4 is 10.0 Å². The quantitative estimate of drug-likeness (QED) is 0.622. The fourth-order valence-corrected chi connectivity index (χ4v) is 2.81. The Bertz CT molecular complexity index is 924. The molecule has 9 heteroatoms. The smallest absolute Gasteiger partial charge is 0.254 e. The second kappa shape index (κ2) is 6.93. The van der Waals surface area contributed by atoms with Gasteiger partial charge in [-0.05, 0) is 6.92 Å². The van der Waals surface area contributed by atoms with Crippen LogP contribution in [0.25, 0.3) is 17.0 Å². The van der Waals surface area contributed by atoms with Crippen LogP contribution in [0.2, 0.25) is 0 Å². The van der Waals surface area contributed by atoms with Crippen molar-refractivity contribution in [1.82, 2.24) is 24.3 Å². The van der Waals surface area contributed by atoms with Gasteiger partial charge in [0.2, 0.25) is 10.0 Å². The lowest BCUT2D eigenvalue weighted by Gasteiger charge is -2.10. The maximum Gasteiger partial charge on any atom is 0.254 e. The number of fused-ring (bicyclic) bond motifs is 1. The highest BCUT2D eigenvalue weighted by Gasteiger charge is 2.09. The molecule has 0 radical (unpaired) electrons. The summed E-state index contributed by atoms with van der Waals surface area (Å²) in [6.07, 6.45) is 1.43. The van der Waals surface area contributed by atoms with Gasteiger partial charge >= 0.3 is 0 Å². The zero-order valence-corrected chi connectivity index (χ0v) is 14.0. The fraction of sp³-hybridized carbons (Fsp3) is 0.267. The summed E-state index contributed by atoms with van der Waals surface area (Å²) in [6.45, 7) is 2.31. The summed E-state index contributed by atoms with van der Waals surface area (Å²) in [4.78, 5) is 8.62. The van der Waals surface area contributed by atoms with Crippen LogP contribution in [0.15, 0.2) is 42.7 Å². The minimum atomic E-state index is -3.19. The SMILES string of the molecule is CCS(=O)(=O)NCCNc1cc(-c2ccccc2)nc2ncnn12. The van der Waals surface area contributed by atoms with Crippen LogP contribution in [0.5, 0.6) is 0 Å². The first-order valence-corrected chi connectivity index (χ1v) is 9.22. The number of hydrogen-bond donors (Lipinski definition) is 2. The van der Waals surface area contributed by atoms with Crippen LogP contribution >= 0.6 is 0 Å². The van der Waals surface area contributed by atoms with Gasteiger partial charge < -0.3 is 5.32 Å². The maximum atomic E-state index is 11.4. The van der Waals surface area contributed by atoms with E-state index in [1.165, 1.54) is 6.33 Å². The van der Waals surface area contributed by atoms with Crippen molar-refractivity contribution in [1.29, 1.82) is 0 Å². The third-order valence-corrected chi connectivity index (χ3v) is 4.86. The van der Waals surface area contributed by atoms with E-state index < -0.39 is 10.0 Å². The van der Waals surface area contributed by atoms with Gasteiger partial charge in [-0.1, -0.05) is 30.3 Å². The minimum absolute atomic E-state index is 0.0632. The molecule has 0 aliphatic heterocycles. The van der Waals surface area contributed by atoms with E-state index in [1.807, 2.05) is 36.4 Å². The monoisotopic (exact) mass is 346 g/mol. The molecule has 0 aliphatic rings. The third kappa shape index (κ3) is 3.69. The highest BCUT2D eigenvalue weighted by molar-refractivity contribution is 7.89. The summed E-state index contributed by atoms with van der Waals surface area (Å²) in [5.41, 5.74) is 1.74. The Balaban J connectivity index is 1.81. The first-order valence-electron chi connectivity index (χ1n) is 7.56. The maximum absolute atomic E-state index is 11.4. The van der Waals surface area contributed by atoms with Crippen molar-refractivity contribution in [3.63, 3.8) is 0 Å². The number of sulfonamides is 1. The molecule has 3 aromatic rings. The summed E-state index contributed by atoms with van der Waals surface area (Å²) in [5, 5.41) is 7.31. The molecule has 3 rings (SSSR count). The number of aromatic nitrogens is 4. The number of benzene rings is 1. The normalized spacial score (nSPS) is 11.7. The van der Waals surface area contributed by atoms with Crippen molar-refractivity contribution in [2.75, 3.05) is 24.2 Å². The van der Waals surface area contributed by atoms with Crippen molar-refractivity contribution < 1.29 is 8.42 Å². The van der Waals surface area contributed by atoms with Crippen LogP contribution in [0.1, 0.15) is 6.92 Å². The molecule has 2 aromatic heterocycles. The number of nitrogens with one attached hydrogen (secondary N) is 2. The molecule has 0 amide bonds. The second-order valence-electron chi connectivity index (χ2n) is 5.09. The number of anilines is 1. The van der Waals surface area contributed by atoms with Crippen LogP contribution in [-0.2, 0) is 10.0 Å². The Hall–Kier alpha value is -2.52. The first kappa shape index (κ1) is 16.3. The molecule has 8 nitrogen and oxygen atoms in total. The topological polar surface area (TPSA) is 101 Å². The molecule has 126 valence electrons. The molecule has 24 heavy (non-hydrogen) atoms. The number of rotatable bonds is 7. The molecule has 0 spiro atoms. The van der Waals surface area contributed by atoms with Crippen LogP contribution in [0.3, 0.4) is 0 Å². The zero-order chi connectivity index (χ0) is 17.0. The molecular weight excluding hydrogens is 328 g/mol. The van der Waals surface area contributed by atoms with Crippen LogP contribution in [0, 0.1) is 0 Å². The van der Waals surface area contributed by atoms with Gasteiger partial charge in [0, 0.05) is 24.7 Å². The van der Waals surface area contributed by atoms with Crippen LogP contribution in [-0.4, -0.2) is 46.8 Å². The molecule has 0 saturated heterocycles. The molecule has 0 unspecified atom stereocenters. The van der Waals surface area contributed by atoms with Gasteiger partial charge in [0.1, 0.15) is 12.1 Å². The Morgan fingerprint density at radius 3 is 2.71 bits per heavy atom. The molecule has 0 atom stereocenters. The van der Waals surface area contributed by atoms with Gasteiger partial charge in [0.05, 0.1) is 11.4 Å². The largest absolute Gasteiger partial charge is 0.369 e. The van der Waals surface area contributed by atoms with E-state index in [1.54, 1.807) is 11.4 Å². The summed E-state index contributed by atoms with van der Waals surface area (Å²) < 4.78 is 27.0. The summed E-state index contributed by atoms with van der Waals surface area (Å²) in [5.74, 6) is 1.24. The number of nitrogens with zero attached hydrogens (tertiary/aromatic N) is 4. The van der Waals surface area contributed by atoms with Gasteiger partial charge in [0.25, 0.3) is 5.78 Å². The lowest BCUT2D eigenvalue weighted by molar-refractivity contribution is 0.584. The second-order valence-corrected chi connectivity index (χ2v) is 7.18. The average Bonchev–Trinajstić information content (AvgIpc) is 3.08. The van der Waals surface area contributed by atoms with Crippen molar-refractivity contribution in [2.45, 2.75) is 6.92 Å². The van der Waals surface area contributed by atoms with Crippen molar-refractivity contribution in [3.05, 3.63) is 42.7 Å². The van der Waals surface area contributed by atoms with Crippen molar-refractivity contribution in [3.8, 4) is 11.3 Å². The molecule has 0 fully saturated rings. The van der Waals surface area contributed by atoms with E-state index in [2.05, 4.69) is 25.1 Å². The Kier molecular flexibility index (Phi) is 4.72. The van der Waals surface area contributed by atoms with Gasteiger partial charge in [-0.3, -0.25) is 0 Å². The lowest BCUT2D eigenvalue weighted by Crippen LogP contribution is -2.30. The highest BCUT2D eigenvalue weighted by atomic mass is 32.2. The lowest BCUT2D eigenvalue weighted by atomic mass is 10.1. The van der Waals surface area contributed by atoms with Gasteiger partial charge in [-0.25, -0.2) is 18.1 Å².